The highest BCUT2D eigenvalue weighted by molar-refractivity contribution is 6.30. The quantitative estimate of drug-likeness (QED) is 0.837. The molecule has 0 aromatic heterocycles. The molecule has 1 aromatic carbocycles. The van der Waals surface area contributed by atoms with Crippen LogP contribution < -0.4 is 5.32 Å². The molecule has 2 rings (SSSR count). The first-order valence-electron chi connectivity index (χ1n) is 5.88. The molecule has 1 fully saturated rings. The van der Waals surface area contributed by atoms with Gasteiger partial charge in [-0.1, -0.05) is 23.7 Å². The molecule has 1 aliphatic carbocycles. The number of ether oxygens (including phenoxy) is 1. The third-order valence-corrected chi connectivity index (χ3v) is 3.33. The molecule has 0 heterocycles. The minimum Gasteiger partial charge on any atom is -0.468 e. The van der Waals surface area contributed by atoms with E-state index in [-0.39, 0.29) is 10.6 Å². The second kappa shape index (κ2) is 5.67. The number of nitrogens with one attached hydrogen (secondary N) is 1. The monoisotopic (exact) mass is 271 g/mol. The summed E-state index contributed by atoms with van der Waals surface area (Å²) in [6.07, 6.45) is 2.30. The lowest BCUT2D eigenvalue weighted by Crippen LogP contribution is -2.31. The van der Waals surface area contributed by atoms with E-state index in [0.29, 0.717) is 12.5 Å². The van der Waals surface area contributed by atoms with Crippen LogP contribution in [0.25, 0.3) is 0 Å². The van der Waals surface area contributed by atoms with Crippen molar-refractivity contribution in [1.82, 2.24) is 5.32 Å². The van der Waals surface area contributed by atoms with Crippen molar-refractivity contribution >= 4 is 17.6 Å². The van der Waals surface area contributed by atoms with Crippen molar-refractivity contribution in [2.45, 2.75) is 18.9 Å². The Kier molecular flexibility index (Phi) is 4.19. The number of methoxy groups -OCH3 is 1. The van der Waals surface area contributed by atoms with E-state index in [2.05, 4.69) is 5.32 Å². The fourth-order valence-corrected chi connectivity index (χ4v) is 1.97. The summed E-state index contributed by atoms with van der Waals surface area (Å²) >= 11 is 5.73. The van der Waals surface area contributed by atoms with Crippen molar-refractivity contribution in [2.75, 3.05) is 13.7 Å². The van der Waals surface area contributed by atoms with Gasteiger partial charge in [-0.25, -0.2) is 9.18 Å². The Balaban J connectivity index is 2.20. The number of rotatable bonds is 5. The van der Waals surface area contributed by atoms with Crippen molar-refractivity contribution in [3.8, 4) is 0 Å². The van der Waals surface area contributed by atoms with Gasteiger partial charge in [-0.3, -0.25) is 0 Å². The van der Waals surface area contributed by atoms with Gasteiger partial charge in [0.2, 0.25) is 0 Å². The lowest BCUT2D eigenvalue weighted by Gasteiger charge is -2.17. The maximum atomic E-state index is 13.9. The van der Waals surface area contributed by atoms with Crippen LogP contribution in [0.2, 0.25) is 5.02 Å². The van der Waals surface area contributed by atoms with Crippen molar-refractivity contribution in [2.24, 2.45) is 5.92 Å². The summed E-state index contributed by atoms with van der Waals surface area (Å²) in [5.74, 6) is -0.492. The molecule has 18 heavy (non-hydrogen) atoms. The predicted octanol–water partition coefficient (Wildman–Crippen LogP) is 2.69. The van der Waals surface area contributed by atoms with Crippen LogP contribution in [0.15, 0.2) is 18.2 Å². The lowest BCUT2D eigenvalue weighted by molar-refractivity contribution is -0.143. The standard InChI is InChI=1S/C13H15ClFNO2/c1-18-13(17)12(16-7-8-5-6-8)9-3-2-4-10(14)11(9)15/h2-4,8,12,16H,5-7H2,1H3. The van der Waals surface area contributed by atoms with Gasteiger partial charge in [0.1, 0.15) is 11.9 Å². The Morgan fingerprint density at radius 3 is 2.94 bits per heavy atom. The number of esters is 1. The molecule has 1 unspecified atom stereocenters. The SMILES string of the molecule is COC(=O)C(NCC1CC1)c1cccc(Cl)c1F. The highest BCUT2D eigenvalue weighted by Crippen LogP contribution is 2.30. The van der Waals surface area contributed by atoms with Gasteiger partial charge >= 0.3 is 5.97 Å². The Bertz CT molecular complexity index is 449. The summed E-state index contributed by atoms with van der Waals surface area (Å²) in [6, 6.07) is 3.82. The summed E-state index contributed by atoms with van der Waals surface area (Å²) in [6.45, 7) is 0.686. The Morgan fingerprint density at radius 1 is 1.61 bits per heavy atom. The number of hydrogen-bond acceptors (Lipinski definition) is 3. The number of carbonyl (C=O) groups is 1. The topological polar surface area (TPSA) is 38.3 Å². The van der Waals surface area contributed by atoms with Crippen LogP contribution in [0.1, 0.15) is 24.4 Å². The van der Waals surface area contributed by atoms with Crippen LogP contribution >= 0.6 is 11.6 Å². The molecular formula is C13H15ClFNO2. The maximum Gasteiger partial charge on any atom is 0.327 e. The van der Waals surface area contributed by atoms with E-state index in [1.807, 2.05) is 0 Å². The summed E-state index contributed by atoms with van der Waals surface area (Å²) in [7, 11) is 1.29. The van der Waals surface area contributed by atoms with Gasteiger partial charge in [-0.05, 0) is 31.4 Å². The predicted molar refractivity (Wildman–Crippen MR) is 66.9 cm³/mol. The molecule has 0 bridgehead atoms. The first-order chi connectivity index (χ1) is 8.63. The second-order valence-electron chi connectivity index (χ2n) is 4.45. The smallest absolute Gasteiger partial charge is 0.327 e. The number of halogens is 2. The molecule has 0 saturated heterocycles. The van der Waals surface area contributed by atoms with E-state index >= 15 is 0 Å². The minimum atomic E-state index is -0.797. The van der Waals surface area contributed by atoms with Crippen molar-refractivity contribution < 1.29 is 13.9 Å². The van der Waals surface area contributed by atoms with Crippen LogP contribution in [-0.4, -0.2) is 19.6 Å². The van der Waals surface area contributed by atoms with Gasteiger partial charge in [0.15, 0.2) is 0 Å². The highest BCUT2D eigenvalue weighted by Gasteiger charge is 2.28. The second-order valence-corrected chi connectivity index (χ2v) is 4.86. The van der Waals surface area contributed by atoms with E-state index in [0.717, 1.165) is 12.8 Å². The molecule has 1 aromatic rings. The van der Waals surface area contributed by atoms with E-state index in [1.54, 1.807) is 12.1 Å². The van der Waals surface area contributed by atoms with E-state index < -0.39 is 17.8 Å². The fourth-order valence-electron chi connectivity index (χ4n) is 1.79. The Morgan fingerprint density at radius 2 is 2.33 bits per heavy atom. The summed E-state index contributed by atoms with van der Waals surface area (Å²) < 4.78 is 18.6. The molecule has 1 atom stereocenters. The van der Waals surface area contributed by atoms with Crippen LogP contribution in [0.4, 0.5) is 4.39 Å². The summed E-state index contributed by atoms with van der Waals surface area (Å²) in [5, 5.41) is 3.05. The number of benzene rings is 1. The van der Waals surface area contributed by atoms with Gasteiger partial charge in [-0.2, -0.15) is 0 Å². The normalized spacial score (nSPS) is 16.4. The van der Waals surface area contributed by atoms with E-state index in [1.165, 1.54) is 13.2 Å². The molecule has 1 saturated carbocycles. The molecular weight excluding hydrogens is 257 g/mol. The highest BCUT2D eigenvalue weighted by atomic mass is 35.5. The lowest BCUT2D eigenvalue weighted by atomic mass is 10.1. The maximum absolute atomic E-state index is 13.9. The molecule has 0 amide bonds. The average Bonchev–Trinajstić information content (AvgIpc) is 3.18. The van der Waals surface area contributed by atoms with Crippen molar-refractivity contribution in [3.05, 3.63) is 34.6 Å². The molecule has 1 aliphatic rings. The molecule has 0 aliphatic heterocycles. The van der Waals surface area contributed by atoms with E-state index in [9.17, 15) is 9.18 Å². The van der Waals surface area contributed by atoms with Gasteiger partial charge in [0.05, 0.1) is 12.1 Å². The van der Waals surface area contributed by atoms with Crippen LogP contribution in [-0.2, 0) is 9.53 Å². The zero-order valence-electron chi connectivity index (χ0n) is 10.1. The molecule has 1 N–H and O–H groups in total. The van der Waals surface area contributed by atoms with Crippen molar-refractivity contribution in [3.63, 3.8) is 0 Å². The van der Waals surface area contributed by atoms with Gasteiger partial charge in [0, 0.05) is 5.56 Å². The Labute approximate surface area is 110 Å². The fraction of sp³-hybridized carbons (Fsp3) is 0.462. The molecule has 0 spiro atoms. The minimum absolute atomic E-state index is 0.00891. The molecule has 5 heteroatoms. The average molecular weight is 272 g/mol. The van der Waals surface area contributed by atoms with E-state index in [4.69, 9.17) is 16.3 Å². The zero-order valence-corrected chi connectivity index (χ0v) is 10.8. The number of carbonyl (C=O) groups excluding carboxylic acids is 1. The summed E-state index contributed by atoms with van der Waals surface area (Å²) in [5.41, 5.74) is 0.231. The molecule has 98 valence electrons. The first-order valence-corrected chi connectivity index (χ1v) is 6.26. The largest absolute Gasteiger partial charge is 0.468 e. The first kappa shape index (κ1) is 13.3. The van der Waals surface area contributed by atoms with Crippen molar-refractivity contribution in [1.29, 1.82) is 0 Å². The van der Waals surface area contributed by atoms with Gasteiger partial charge in [-0.15, -0.1) is 0 Å². The molecule has 3 nitrogen and oxygen atoms in total. The van der Waals surface area contributed by atoms with Gasteiger partial charge in [0.25, 0.3) is 0 Å². The Hall–Kier alpha value is -1.13. The molecule has 0 radical (unpaired) electrons. The van der Waals surface area contributed by atoms with Crippen LogP contribution in [0.5, 0.6) is 0 Å². The third kappa shape index (κ3) is 3.00. The third-order valence-electron chi connectivity index (χ3n) is 3.04. The van der Waals surface area contributed by atoms with Crippen LogP contribution in [0.3, 0.4) is 0 Å². The van der Waals surface area contributed by atoms with Crippen LogP contribution in [0, 0.1) is 11.7 Å². The summed E-state index contributed by atoms with van der Waals surface area (Å²) in [4.78, 5) is 11.7. The number of hydrogen-bond donors (Lipinski definition) is 1. The van der Waals surface area contributed by atoms with Gasteiger partial charge < -0.3 is 10.1 Å². The zero-order chi connectivity index (χ0) is 13.1.